The highest BCUT2D eigenvalue weighted by atomic mass is 14.6. The molecule has 1 saturated carbocycles. The minimum Gasteiger partial charge on any atom is -0.0654 e. The molecule has 0 bridgehead atoms. The summed E-state index contributed by atoms with van der Waals surface area (Å²) in [5.74, 6) is 3.85. The molecule has 1 rings (SSSR count). The average Bonchev–Trinajstić information content (AvgIpc) is 2.80. The number of hydrogen-bond acceptors (Lipinski definition) is 0. The van der Waals surface area contributed by atoms with Crippen molar-refractivity contribution in [2.24, 2.45) is 29.1 Å². The Balaban J connectivity index is 2.53. The first-order valence-electron chi connectivity index (χ1n) is 7.97. The van der Waals surface area contributed by atoms with Crippen molar-refractivity contribution in [3.05, 3.63) is 0 Å². The quantitative estimate of drug-likeness (QED) is 0.493. The van der Waals surface area contributed by atoms with Crippen molar-refractivity contribution < 1.29 is 0 Å². The lowest BCUT2D eigenvalue weighted by molar-refractivity contribution is 0.316. The van der Waals surface area contributed by atoms with Gasteiger partial charge in [-0.2, -0.15) is 0 Å². The first-order valence-corrected chi connectivity index (χ1v) is 7.97. The van der Waals surface area contributed by atoms with Crippen LogP contribution in [-0.2, 0) is 0 Å². The summed E-state index contributed by atoms with van der Waals surface area (Å²) in [7, 11) is 0. The zero-order valence-corrected chi connectivity index (χ0v) is 13.1. The van der Waals surface area contributed by atoms with Crippen LogP contribution in [0.4, 0.5) is 0 Å². The summed E-state index contributed by atoms with van der Waals surface area (Å²) >= 11 is 0. The van der Waals surface area contributed by atoms with Crippen LogP contribution < -0.4 is 0 Å². The van der Waals surface area contributed by atoms with Crippen LogP contribution in [0.25, 0.3) is 0 Å². The Labute approximate surface area is 110 Å². The highest BCUT2D eigenvalue weighted by Gasteiger charge is 2.60. The summed E-state index contributed by atoms with van der Waals surface area (Å²) in [4.78, 5) is 0. The molecule has 0 amide bonds. The fourth-order valence-corrected chi connectivity index (χ4v) is 4.49. The maximum absolute atomic E-state index is 2.57. The van der Waals surface area contributed by atoms with E-state index in [9.17, 15) is 0 Å². The van der Waals surface area contributed by atoms with Crippen LogP contribution in [0, 0.1) is 29.1 Å². The fourth-order valence-electron chi connectivity index (χ4n) is 4.49. The van der Waals surface area contributed by atoms with Gasteiger partial charge in [0.2, 0.25) is 0 Å². The Kier molecular flexibility index (Phi) is 5.54. The predicted molar refractivity (Wildman–Crippen MR) is 78.1 cm³/mol. The van der Waals surface area contributed by atoms with E-state index in [0.717, 1.165) is 23.7 Å². The Hall–Kier alpha value is 0. The molecule has 0 spiro atoms. The topological polar surface area (TPSA) is 0 Å². The molecule has 17 heavy (non-hydrogen) atoms. The van der Waals surface area contributed by atoms with Crippen LogP contribution in [0.2, 0.25) is 0 Å². The second-order valence-corrected chi connectivity index (χ2v) is 7.12. The lowest BCUT2D eigenvalue weighted by atomic mass is 9.86. The van der Waals surface area contributed by atoms with Crippen molar-refractivity contribution in [3.8, 4) is 0 Å². The molecule has 0 aromatic heterocycles. The third-order valence-corrected chi connectivity index (χ3v) is 5.09. The molecule has 0 aliphatic heterocycles. The molecule has 0 aromatic carbocycles. The second kappa shape index (κ2) is 6.25. The Bertz CT molecular complexity index is 218. The third-order valence-electron chi connectivity index (χ3n) is 5.09. The molecule has 102 valence electrons. The van der Waals surface area contributed by atoms with Gasteiger partial charge in [-0.25, -0.2) is 0 Å². The molecule has 0 radical (unpaired) electrons. The van der Waals surface area contributed by atoms with E-state index in [4.69, 9.17) is 0 Å². The minimum atomic E-state index is 0.678. The molecular weight excluding hydrogens is 204 g/mol. The maximum Gasteiger partial charge on any atom is -0.0258 e. The fraction of sp³-hybridized carbons (Fsp3) is 1.00. The summed E-state index contributed by atoms with van der Waals surface area (Å²) in [6.45, 7) is 14.5. The lowest BCUT2D eigenvalue weighted by Gasteiger charge is -2.19. The smallest absolute Gasteiger partial charge is 0.0258 e. The van der Waals surface area contributed by atoms with Crippen LogP contribution >= 0.6 is 0 Å². The van der Waals surface area contributed by atoms with Gasteiger partial charge in [-0.05, 0) is 41.9 Å². The van der Waals surface area contributed by atoms with Crippen LogP contribution in [0.1, 0.15) is 80.1 Å². The van der Waals surface area contributed by atoms with Crippen LogP contribution in [0.15, 0.2) is 0 Å². The molecule has 0 aromatic rings. The van der Waals surface area contributed by atoms with E-state index in [0.29, 0.717) is 5.41 Å². The van der Waals surface area contributed by atoms with Gasteiger partial charge in [0.1, 0.15) is 0 Å². The molecular formula is C17H34. The highest BCUT2D eigenvalue weighted by Crippen LogP contribution is 2.67. The van der Waals surface area contributed by atoms with Crippen molar-refractivity contribution in [3.63, 3.8) is 0 Å². The molecule has 0 saturated heterocycles. The van der Waals surface area contributed by atoms with Crippen molar-refractivity contribution in [1.82, 2.24) is 0 Å². The van der Waals surface area contributed by atoms with Gasteiger partial charge in [0.15, 0.2) is 0 Å². The van der Waals surface area contributed by atoms with Gasteiger partial charge in [0.05, 0.1) is 0 Å². The third kappa shape index (κ3) is 3.48. The summed E-state index contributed by atoms with van der Waals surface area (Å²) < 4.78 is 0. The Morgan fingerprint density at radius 1 is 1.06 bits per heavy atom. The Morgan fingerprint density at radius 2 is 1.71 bits per heavy atom. The van der Waals surface area contributed by atoms with E-state index in [1.165, 1.54) is 38.5 Å². The van der Waals surface area contributed by atoms with Gasteiger partial charge in [0, 0.05) is 0 Å². The molecule has 4 unspecified atom stereocenters. The Morgan fingerprint density at radius 3 is 2.18 bits per heavy atom. The van der Waals surface area contributed by atoms with Crippen molar-refractivity contribution >= 4 is 0 Å². The zero-order valence-electron chi connectivity index (χ0n) is 13.1. The van der Waals surface area contributed by atoms with Gasteiger partial charge < -0.3 is 0 Å². The summed E-state index contributed by atoms with van der Waals surface area (Å²) in [5.41, 5.74) is 0.678. The van der Waals surface area contributed by atoms with E-state index in [2.05, 4.69) is 41.5 Å². The van der Waals surface area contributed by atoms with Crippen molar-refractivity contribution in [1.29, 1.82) is 0 Å². The first kappa shape index (κ1) is 15.1. The summed E-state index contributed by atoms with van der Waals surface area (Å²) in [5, 5.41) is 0. The molecule has 0 heterocycles. The first-order chi connectivity index (χ1) is 7.97. The monoisotopic (exact) mass is 238 g/mol. The second-order valence-electron chi connectivity index (χ2n) is 7.12. The highest BCUT2D eigenvalue weighted by molar-refractivity contribution is 5.08. The maximum atomic E-state index is 2.57. The normalized spacial score (nSPS) is 34.1. The molecule has 1 aliphatic rings. The molecule has 0 N–H and O–H groups in total. The molecule has 0 nitrogen and oxygen atoms in total. The summed E-state index contributed by atoms with van der Waals surface area (Å²) in [6, 6.07) is 0. The van der Waals surface area contributed by atoms with E-state index in [1.807, 2.05) is 0 Å². The average molecular weight is 238 g/mol. The van der Waals surface area contributed by atoms with Gasteiger partial charge >= 0.3 is 0 Å². The van der Waals surface area contributed by atoms with E-state index < -0.39 is 0 Å². The number of rotatable bonds is 8. The molecule has 1 fully saturated rings. The SMILES string of the molecule is CCCCC1C(C(C)C)C1(C)CC(C)CCC. The van der Waals surface area contributed by atoms with E-state index in [-0.39, 0.29) is 0 Å². The number of unbranched alkanes of at least 4 members (excludes halogenated alkanes) is 1. The predicted octanol–water partition coefficient (Wildman–Crippen LogP) is 5.91. The van der Waals surface area contributed by atoms with Gasteiger partial charge in [0.25, 0.3) is 0 Å². The molecule has 1 aliphatic carbocycles. The van der Waals surface area contributed by atoms with Crippen molar-refractivity contribution in [2.45, 2.75) is 80.1 Å². The van der Waals surface area contributed by atoms with Crippen LogP contribution in [0.5, 0.6) is 0 Å². The lowest BCUT2D eigenvalue weighted by Crippen LogP contribution is -2.09. The van der Waals surface area contributed by atoms with E-state index in [1.54, 1.807) is 0 Å². The van der Waals surface area contributed by atoms with Crippen LogP contribution in [-0.4, -0.2) is 0 Å². The molecule has 4 atom stereocenters. The molecule has 0 heteroatoms. The van der Waals surface area contributed by atoms with Gasteiger partial charge in [-0.1, -0.05) is 67.2 Å². The summed E-state index contributed by atoms with van der Waals surface area (Å²) in [6.07, 6.45) is 8.52. The standard InChI is InChI=1S/C17H34/c1-7-9-11-15-16(13(3)4)17(15,6)12-14(5)10-8-2/h13-16H,7-12H2,1-6H3. The minimum absolute atomic E-state index is 0.678. The van der Waals surface area contributed by atoms with Crippen molar-refractivity contribution in [2.75, 3.05) is 0 Å². The number of hydrogen-bond donors (Lipinski definition) is 0. The zero-order chi connectivity index (χ0) is 13.1. The van der Waals surface area contributed by atoms with Gasteiger partial charge in [-0.15, -0.1) is 0 Å². The largest absolute Gasteiger partial charge is 0.0654 e. The van der Waals surface area contributed by atoms with E-state index >= 15 is 0 Å². The van der Waals surface area contributed by atoms with Crippen LogP contribution in [0.3, 0.4) is 0 Å². The van der Waals surface area contributed by atoms with Gasteiger partial charge in [-0.3, -0.25) is 0 Å².